The summed E-state index contributed by atoms with van der Waals surface area (Å²) < 4.78 is 4.40. The van der Waals surface area contributed by atoms with Crippen molar-refractivity contribution in [1.82, 2.24) is 10.4 Å². The Morgan fingerprint density at radius 3 is 2.47 bits per heavy atom. The molecule has 0 aliphatic carbocycles. The second kappa shape index (κ2) is 5.25. The maximum atomic E-state index is 11.4. The van der Waals surface area contributed by atoms with Gasteiger partial charge in [-0.2, -0.15) is 0 Å². The van der Waals surface area contributed by atoms with Crippen molar-refractivity contribution in [3.8, 4) is 12.3 Å². The smallest absolute Gasteiger partial charge is 0.428 e. The Bertz CT molecular complexity index is 292. The highest BCUT2D eigenvalue weighted by Crippen LogP contribution is 2.17. The van der Waals surface area contributed by atoms with Gasteiger partial charge in [-0.15, -0.1) is 6.42 Å². The molecule has 0 spiro atoms. The number of nitrogens with zero attached hydrogens (tertiary/aromatic N) is 1. The highest BCUT2D eigenvalue weighted by Gasteiger charge is 2.20. The minimum Gasteiger partial charge on any atom is -0.452 e. The monoisotopic (exact) mass is 212 g/mol. The number of terminal acetylenes is 1. The molecule has 0 aliphatic rings. The van der Waals surface area contributed by atoms with Gasteiger partial charge in [-0.05, 0) is 13.8 Å². The van der Waals surface area contributed by atoms with Crippen molar-refractivity contribution in [2.45, 2.75) is 20.3 Å². The number of nitrogens with one attached hydrogen (secondary N) is 1. The molecular formula is C10H16N2O3. The summed E-state index contributed by atoms with van der Waals surface area (Å²) in [4.78, 5) is 22.3. The molecule has 0 saturated heterocycles. The number of carbonyl (C=O) groups is 2. The van der Waals surface area contributed by atoms with Crippen LogP contribution in [0.5, 0.6) is 0 Å². The van der Waals surface area contributed by atoms with Crippen molar-refractivity contribution < 1.29 is 14.3 Å². The maximum Gasteiger partial charge on any atom is 0.428 e. The Morgan fingerprint density at radius 2 is 2.07 bits per heavy atom. The molecule has 0 bridgehead atoms. The molecule has 15 heavy (non-hydrogen) atoms. The average molecular weight is 212 g/mol. The molecule has 5 heteroatoms. The van der Waals surface area contributed by atoms with Crippen LogP contribution in [-0.4, -0.2) is 31.2 Å². The zero-order valence-electron chi connectivity index (χ0n) is 9.46. The fraction of sp³-hybridized carbons (Fsp3) is 0.600. The topological polar surface area (TPSA) is 58.6 Å². The minimum absolute atomic E-state index is 0.144. The van der Waals surface area contributed by atoms with Crippen LogP contribution in [0, 0.1) is 17.8 Å². The summed E-state index contributed by atoms with van der Waals surface area (Å²) in [6.07, 6.45) is 4.74. The van der Waals surface area contributed by atoms with Crippen molar-refractivity contribution >= 4 is 12.0 Å². The number of amides is 2. The van der Waals surface area contributed by atoms with Gasteiger partial charge in [0, 0.05) is 18.9 Å². The van der Waals surface area contributed by atoms with Gasteiger partial charge in [0.25, 0.3) is 0 Å². The zero-order chi connectivity index (χ0) is 12.1. The minimum atomic E-state index is -0.637. The normalized spacial score (nSPS) is 10.1. The first kappa shape index (κ1) is 13.3. The summed E-state index contributed by atoms with van der Waals surface area (Å²) in [6.45, 7) is 3.54. The number of carbonyl (C=O) groups excluding carboxylic acids is 2. The van der Waals surface area contributed by atoms with Gasteiger partial charge in [-0.1, -0.05) is 5.92 Å². The molecule has 84 valence electrons. The Balaban J connectivity index is 4.17. The van der Waals surface area contributed by atoms with Crippen LogP contribution in [0.4, 0.5) is 4.79 Å². The fourth-order valence-electron chi connectivity index (χ4n) is 0.862. The highest BCUT2D eigenvalue weighted by molar-refractivity contribution is 5.79. The Morgan fingerprint density at radius 1 is 1.53 bits per heavy atom. The second-order valence-corrected chi connectivity index (χ2v) is 3.77. The SMILES string of the molecule is C#CC(C)(C)CC(=O)NN(C)C(=O)OC. The first-order chi connectivity index (χ1) is 6.82. The van der Waals surface area contributed by atoms with E-state index in [1.807, 2.05) is 0 Å². The molecule has 0 atom stereocenters. The third kappa shape index (κ3) is 4.91. The first-order valence-electron chi connectivity index (χ1n) is 4.41. The third-order valence-corrected chi connectivity index (χ3v) is 1.73. The van der Waals surface area contributed by atoms with E-state index in [4.69, 9.17) is 6.42 Å². The number of rotatable bonds is 2. The van der Waals surface area contributed by atoms with Gasteiger partial charge in [0.1, 0.15) is 0 Å². The van der Waals surface area contributed by atoms with E-state index in [2.05, 4.69) is 16.1 Å². The van der Waals surface area contributed by atoms with Gasteiger partial charge in [0.05, 0.1) is 7.11 Å². The molecular weight excluding hydrogens is 196 g/mol. The van der Waals surface area contributed by atoms with Gasteiger partial charge in [-0.3, -0.25) is 10.2 Å². The lowest BCUT2D eigenvalue weighted by Crippen LogP contribution is -2.44. The van der Waals surface area contributed by atoms with Crippen LogP contribution < -0.4 is 5.43 Å². The average Bonchev–Trinajstić information content (AvgIpc) is 2.15. The van der Waals surface area contributed by atoms with Crippen molar-refractivity contribution in [1.29, 1.82) is 0 Å². The van der Waals surface area contributed by atoms with E-state index in [0.29, 0.717) is 0 Å². The number of methoxy groups -OCH3 is 1. The largest absolute Gasteiger partial charge is 0.452 e. The maximum absolute atomic E-state index is 11.4. The van der Waals surface area contributed by atoms with E-state index in [9.17, 15) is 9.59 Å². The summed E-state index contributed by atoms with van der Waals surface area (Å²) in [7, 11) is 2.63. The molecule has 0 aromatic rings. The molecule has 0 saturated carbocycles. The van der Waals surface area contributed by atoms with Crippen LogP contribution in [0.3, 0.4) is 0 Å². The quantitative estimate of drug-likeness (QED) is 0.543. The molecule has 5 nitrogen and oxygen atoms in total. The van der Waals surface area contributed by atoms with Gasteiger partial charge in [-0.25, -0.2) is 9.80 Å². The molecule has 2 amide bonds. The summed E-state index contributed by atoms with van der Waals surface area (Å²) in [5.41, 5.74) is 1.82. The van der Waals surface area contributed by atoms with Crippen LogP contribution in [-0.2, 0) is 9.53 Å². The highest BCUT2D eigenvalue weighted by atomic mass is 16.5. The molecule has 0 aliphatic heterocycles. The summed E-state index contributed by atoms with van der Waals surface area (Å²) in [5.74, 6) is 2.17. The van der Waals surface area contributed by atoms with Gasteiger partial charge in [0.15, 0.2) is 0 Å². The predicted octanol–water partition coefficient (Wildman–Crippen LogP) is 0.765. The Hall–Kier alpha value is -1.70. The molecule has 0 aromatic carbocycles. The molecule has 1 N–H and O–H groups in total. The summed E-state index contributed by atoms with van der Waals surface area (Å²) in [6, 6.07) is 0. The molecule has 0 fully saturated rings. The van der Waals surface area contributed by atoms with Crippen molar-refractivity contribution in [3.63, 3.8) is 0 Å². The second-order valence-electron chi connectivity index (χ2n) is 3.77. The lowest BCUT2D eigenvalue weighted by Gasteiger charge is -2.20. The lowest BCUT2D eigenvalue weighted by atomic mass is 9.90. The van der Waals surface area contributed by atoms with Crippen molar-refractivity contribution in [3.05, 3.63) is 0 Å². The van der Waals surface area contributed by atoms with E-state index in [-0.39, 0.29) is 12.3 Å². The number of hydrazine groups is 1. The fourth-order valence-corrected chi connectivity index (χ4v) is 0.862. The Labute approximate surface area is 89.7 Å². The molecule has 0 radical (unpaired) electrons. The van der Waals surface area contributed by atoms with Crippen LogP contribution in [0.25, 0.3) is 0 Å². The van der Waals surface area contributed by atoms with Gasteiger partial charge >= 0.3 is 6.09 Å². The molecule has 0 heterocycles. The third-order valence-electron chi connectivity index (χ3n) is 1.73. The van der Waals surface area contributed by atoms with E-state index in [0.717, 1.165) is 5.01 Å². The van der Waals surface area contributed by atoms with Crippen LogP contribution >= 0.6 is 0 Å². The van der Waals surface area contributed by atoms with Crippen LogP contribution in [0.2, 0.25) is 0 Å². The molecule has 0 rings (SSSR count). The van der Waals surface area contributed by atoms with Gasteiger partial charge < -0.3 is 4.74 Å². The summed E-state index contributed by atoms with van der Waals surface area (Å²) in [5, 5.41) is 0.967. The number of hydrogen-bond donors (Lipinski definition) is 1. The molecule has 0 aromatic heterocycles. The van der Waals surface area contributed by atoms with E-state index < -0.39 is 11.5 Å². The van der Waals surface area contributed by atoms with Gasteiger partial charge in [0.2, 0.25) is 5.91 Å². The molecule has 0 unspecified atom stereocenters. The predicted molar refractivity (Wildman–Crippen MR) is 55.5 cm³/mol. The van der Waals surface area contributed by atoms with Crippen molar-refractivity contribution in [2.24, 2.45) is 5.41 Å². The lowest BCUT2D eigenvalue weighted by molar-refractivity contribution is -0.126. The number of ether oxygens (including phenoxy) is 1. The van der Waals surface area contributed by atoms with E-state index in [1.54, 1.807) is 13.8 Å². The standard InChI is InChI=1S/C10H16N2O3/c1-6-10(2,3)7-8(13)11-12(4)9(14)15-5/h1H,7H2,2-5H3,(H,11,13). The first-order valence-corrected chi connectivity index (χ1v) is 4.41. The van der Waals surface area contributed by atoms with E-state index in [1.165, 1.54) is 14.2 Å². The Kier molecular flexibility index (Phi) is 4.65. The van der Waals surface area contributed by atoms with Crippen LogP contribution in [0.15, 0.2) is 0 Å². The van der Waals surface area contributed by atoms with Crippen LogP contribution in [0.1, 0.15) is 20.3 Å². The number of hydrogen-bond acceptors (Lipinski definition) is 3. The van der Waals surface area contributed by atoms with E-state index >= 15 is 0 Å². The summed E-state index contributed by atoms with van der Waals surface area (Å²) >= 11 is 0. The van der Waals surface area contributed by atoms with Crippen molar-refractivity contribution in [2.75, 3.05) is 14.2 Å². The zero-order valence-corrected chi connectivity index (χ0v) is 9.46.